The highest BCUT2D eigenvalue weighted by Gasteiger charge is 2.22. The van der Waals surface area contributed by atoms with Crippen molar-refractivity contribution in [2.45, 2.75) is 25.3 Å². The molecule has 0 unspecified atom stereocenters. The molecule has 0 aliphatic heterocycles. The van der Waals surface area contributed by atoms with Crippen LogP contribution in [0.2, 0.25) is 0 Å². The van der Waals surface area contributed by atoms with Gasteiger partial charge in [0.1, 0.15) is 5.82 Å². The molecule has 0 spiro atoms. The average Bonchev–Trinajstić information content (AvgIpc) is 3.25. The molecule has 98 valence electrons. The van der Waals surface area contributed by atoms with Crippen LogP contribution in [0.5, 0.6) is 0 Å². The van der Waals surface area contributed by atoms with E-state index in [1.165, 1.54) is 36.1 Å². The standard InChI is InChI=1S/C16H15BrFN/c17-15-8-7-14(18)9-16(15)19-10-11-1-3-12(4-2-11)13-5-6-13/h1-4,7-9,13,19H,5-6,10H2. The first kappa shape index (κ1) is 12.7. The minimum Gasteiger partial charge on any atom is -0.380 e. The van der Waals surface area contributed by atoms with Gasteiger partial charge in [0.15, 0.2) is 0 Å². The molecule has 0 radical (unpaired) electrons. The van der Waals surface area contributed by atoms with E-state index in [1.807, 2.05) is 0 Å². The van der Waals surface area contributed by atoms with Crippen molar-refractivity contribution in [1.29, 1.82) is 0 Å². The van der Waals surface area contributed by atoms with Gasteiger partial charge in [-0.25, -0.2) is 4.39 Å². The lowest BCUT2D eigenvalue weighted by Gasteiger charge is -2.09. The number of benzene rings is 2. The zero-order valence-electron chi connectivity index (χ0n) is 10.5. The summed E-state index contributed by atoms with van der Waals surface area (Å²) < 4.78 is 14.0. The van der Waals surface area contributed by atoms with E-state index in [-0.39, 0.29) is 5.82 Å². The van der Waals surface area contributed by atoms with E-state index in [9.17, 15) is 4.39 Å². The van der Waals surface area contributed by atoms with E-state index in [2.05, 4.69) is 45.5 Å². The molecule has 19 heavy (non-hydrogen) atoms. The Morgan fingerprint density at radius 2 is 1.84 bits per heavy atom. The van der Waals surface area contributed by atoms with Gasteiger partial charge in [0.25, 0.3) is 0 Å². The summed E-state index contributed by atoms with van der Waals surface area (Å²) in [5, 5.41) is 3.25. The molecule has 1 nitrogen and oxygen atoms in total. The number of hydrogen-bond acceptors (Lipinski definition) is 1. The fourth-order valence-electron chi connectivity index (χ4n) is 2.15. The third kappa shape index (κ3) is 3.16. The summed E-state index contributed by atoms with van der Waals surface area (Å²) in [5.41, 5.74) is 3.43. The Kier molecular flexibility index (Phi) is 3.56. The lowest BCUT2D eigenvalue weighted by molar-refractivity contribution is 0.628. The van der Waals surface area contributed by atoms with Gasteiger partial charge in [-0.05, 0) is 64.0 Å². The van der Waals surface area contributed by atoms with Crippen molar-refractivity contribution >= 4 is 21.6 Å². The number of halogens is 2. The highest BCUT2D eigenvalue weighted by molar-refractivity contribution is 9.10. The largest absolute Gasteiger partial charge is 0.380 e. The van der Waals surface area contributed by atoms with E-state index < -0.39 is 0 Å². The van der Waals surface area contributed by atoms with Crippen LogP contribution in [0.1, 0.15) is 29.9 Å². The summed E-state index contributed by atoms with van der Waals surface area (Å²) >= 11 is 3.41. The van der Waals surface area contributed by atoms with Crippen LogP contribution in [-0.4, -0.2) is 0 Å². The van der Waals surface area contributed by atoms with Crippen molar-refractivity contribution in [3.63, 3.8) is 0 Å². The minimum absolute atomic E-state index is 0.227. The zero-order chi connectivity index (χ0) is 13.2. The smallest absolute Gasteiger partial charge is 0.125 e. The van der Waals surface area contributed by atoms with Crippen LogP contribution >= 0.6 is 15.9 Å². The SMILES string of the molecule is Fc1ccc(Br)c(NCc2ccc(C3CC3)cc2)c1. The third-order valence-corrected chi connectivity index (χ3v) is 4.13. The molecule has 3 rings (SSSR count). The molecule has 0 heterocycles. The van der Waals surface area contributed by atoms with Crippen molar-refractivity contribution in [2.24, 2.45) is 0 Å². The molecule has 2 aromatic rings. The molecular formula is C16H15BrFN. The Balaban J connectivity index is 1.66. The Labute approximate surface area is 121 Å². The van der Waals surface area contributed by atoms with Gasteiger partial charge in [-0.2, -0.15) is 0 Å². The lowest BCUT2D eigenvalue weighted by atomic mass is 10.1. The number of anilines is 1. The molecule has 0 saturated heterocycles. The zero-order valence-corrected chi connectivity index (χ0v) is 12.1. The summed E-state index contributed by atoms with van der Waals surface area (Å²) in [5.74, 6) is 0.564. The second-order valence-corrected chi connectivity index (χ2v) is 5.85. The molecule has 1 saturated carbocycles. The van der Waals surface area contributed by atoms with Crippen LogP contribution in [0.25, 0.3) is 0 Å². The predicted octanol–water partition coefficient (Wildman–Crippen LogP) is 5.08. The topological polar surface area (TPSA) is 12.0 Å². The quantitative estimate of drug-likeness (QED) is 0.828. The van der Waals surface area contributed by atoms with Crippen molar-refractivity contribution in [1.82, 2.24) is 0 Å². The lowest BCUT2D eigenvalue weighted by Crippen LogP contribution is -2.00. The van der Waals surface area contributed by atoms with Crippen molar-refractivity contribution in [2.75, 3.05) is 5.32 Å². The van der Waals surface area contributed by atoms with E-state index in [0.717, 1.165) is 16.1 Å². The van der Waals surface area contributed by atoms with Gasteiger partial charge in [0.05, 0.1) is 5.69 Å². The van der Waals surface area contributed by atoms with Crippen molar-refractivity contribution in [3.05, 3.63) is 63.9 Å². The third-order valence-electron chi connectivity index (χ3n) is 3.44. The molecule has 0 aromatic heterocycles. The number of rotatable bonds is 4. The first-order valence-corrected chi connectivity index (χ1v) is 7.29. The Hall–Kier alpha value is -1.35. The molecule has 0 amide bonds. The maximum atomic E-state index is 13.2. The monoisotopic (exact) mass is 319 g/mol. The molecule has 3 heteroatoms. The Morgan fingerprint density at radius 3 is 2.53 bits per heavy atom. The molecule has 2 aromatic carbocycles. The summed E-state index contributed by atoms with van der Waals surface area (Å²) in [6.07, 6.45) is 2.65. The van der Waals surface area contributed by atoms with Crippen molar-refractivity contribution in [3.8, 4) is 0 Å². The van der Waals surface area contributed by atoms with E-state index in [0.29, 0.717) is 6.54 Å². The van der Waals surface area contributed by atoms with Crippen LogP contribution in [0, 0.1) is 5.82 Å². The molecule has 0 bridgehead atoms. The van der Waals surface area contributed by atoms with Gasteiger partial charge in [-0.1, -0.05) is 24.3 Å². The van der Waals surface area contributed by atoms with Crippen LogP contribution in [-0.2, 0) is 6.54 Å². The minimum atomic E-state index is -0.227. The fourth-order valence-corrected chi connectivity index (χ4v) is 2.54. The van der Waals surface area contributed by atoms with Crippen molar-refractivity contribution < 1.29 is 4.39 Å². The first-order valence-electron chi connectivity index (χ1n) is 6.50. The normalized spacial score (nSPS) is 14.4. The van der Waals surface area contributed by atoms with Gasteiger partial charge in [0, 0.05) is 11.0 Å². The molecule has 1 aliphatic carbocycles. The maximum absolute atomic E-state index is 13.2. The molecule has 1 fully saturated rings. The van der Waals surface area contributed by atoms with Gasteiger partial charge in [-0.15, -0.1) is 0 Å². The van der Waals surface area contributed by atoms with Gasteiger partial charge in [0.2, 0.25) is 0 Å². The molecular weight excluding hydrogens is 305 g/mol. The Bertz CT molecular complexity index is 576. The highest BCUT2D eigenvalue weighted by atomic mass is 79.9. The average molecular weight is 320 g/mol. The van der Waals surface area contributed by atoms with E-state index in [1.54, 1.807) is 6.07 Å². The molecule has 0 atom stereocenters. The van der Waals surface area contributed by atoms with Crippen LogP contribution in [0.15, 0.2) is 46.9 Å². The molecule has 1 aliphatic rings. The van der Waals surface area contributed by atoms with E-state index >= 15 is 0 Å². The number of nitrogens with one attached hydrogen (secondary N) is 1. The molecule has 1 N–H and O–H groups in total. The van der Waals surface area contributed by atoms with Gasteiger partial charge < -0.3 is 5.32 Å². The van der Waals surface area contributed by atoms with Crippen LogP contribution < -0.4 is 5.32 Å². The summed E-state index contributed by atoms with van der Waals surface area (Å²) in [4.78, 5) is 0. The second-order valence-electron chi connectivity index (χ2n) is 4.99. The maximum Gasteiger partial charge on any atom is 0.125 e. The predicted molar refractivity (Wildman–Crippen MR) is 79.8 cm³/mol. The summed E-state index contributed by atoms with van der Waals surface area (Å²) in [6, 6.07) is 13.4. The van der Waals surface area contributed by atoms with Gasteiger partial charge >= 0.3 is 0 Å². The highest BCUT2D eigenvalue weighted by Crippen LogP contribution is 2.39. The van der Waals surface area contributed by atoms with Crippen LogP contribution in [0.3, 0.4) is 0 Å². The fraction of sp³-hybridized carbons (Fsp3) is 0.250. The second kappa shape index (κ2) is 5.33. The number of hydrogen-bond donors (Lipinski definition) is 1. The first-order chi connectivity index (χ1) is 9.22. The summed E-state index contributed by atoms with van der Waals surface area (Å²) in [6.45, 7) is 0.701. The van der Waals surface area contributed by atoms with Crippen LogP contribution in [0.4, 0.5) is 10.1 Å². The Morgan fingerprint density at radius 1 is 1.11 bits per heavy atom. The summed E-state index contributed by atoms with van der Waals surface area (Å²) in [7, 11) is 0. The van der Waals surface area contributed by atoms with E-state index in [4.69, 9.17) is 0 Å². The van der Waals surface area contributed by atoms with Gasteiger partial charge in [-0.3, -0.25) is 0 Å².